The van der Waals surface area contributed by atoms with Crippen molar-refractivity contribution in [3.63, 3.8) is 0 Å². The molecule has 1 saturated heterocycles. The Labute approximate surface area is 123 Å². The molecule has 0 spiro atoms. The van der Waals surface area contributed by atoms with Gasteiger partial charge in [0.1, 0.15) is 0 Å². The number of nitrogens with zero attached hydrogens (tertiary/aromatic N) is 2. The highest BCUT2D eigenvalue weighted by Gasteiger charge is 2.33. The van der Waals surface area contributed by atoms with Gasteiger partial charge in [0.15, 0.2) is 5.96 Å². The van der Waals surface area contributed by atoms with Crippen LogP contribution in [0, 0.1) is 5.41 Å². The third kappa shape index (κ3) is 4.37. The van der Waals surface area contributed by atoms with Gasteiger partial charge in [-0.3, -0.25) is 4.99 Å². The largest absolute Gasteiger partial charge is 0.382 e. The van der Waals surface area contributed by atoms with Crippen molar-refractivity contribution in [3.05, 3.63) is 0 Å². The number of guanidine groups is 1. The minimum atomic E-state index is 0.357. The molecule has 0 aromatic carbocycles. The van der Waals surface area contributed by atoms with E-state index in [4.69, 9.17) is 15.5 Å². The zero-order chi connectivity index (χ0) is 14.3. The molecule has 4 nitrogen and oxygen atoms in total. The Morgan fingerprint density at radius 1 is 1.15 bits per heavy atom. The van der Waals surface area contributed by atoms with Gasteiger partial charge >= 0.3 is 0 Å². The van der Waals surface area contributed by atoms with E-state index in [1.165, 1.54) is 44.9 Å². The van der Waals surface area contributed by atoms with Gasteiger partial charge in [0, 0.05) is 32.8 Å². The fourth-order valence-corrected chi connectivity index (χ4v) is 3.52. The Morgan fingerprint density at radius 3 is 2.50 bits per heavy atom. The van der Waals surface area contributed by atoms with Crippen molar-refractivity contribution in [2.45, 2.75) is 58.3 Å². The van der Waals surface area contributed by atoms with Crippen molar-refractivity contribution in [1.82, 2.24) is 4.90 Å². The molecule has 2 N–H and O–H groups in total. The third-order valence-corrected chi connectivity index (χ3v) is 4.90. The summed E-state index contributed by atoms with van der Waals surface area (Å²) >= 11 is 0. The highest BCUT2D eigenvalue weighted by molar-refractivity contribution is 5.78. The van der Waals surface area contributed by atoms with Gasteiger partial charge in [-0.2, -0.15) is 0 Å². The van der Waals surface area contributed by atoms with Crippen molar-refractivity contribution in [1.29, 1.82) is 0 Å². The van der Waals surface area contributed by atoms with E-state index in [2.05, 4.69) is 11.8 Å². The Kier molecular flexibility index (Phi) is 6.14. The summed E-state index contributed by atoms with van der Waals surface area (Å²) in [6, 6.07) is 0. The van der Waals surface area contributed by atoms with Crippen LogP contribution in [0.1, 0.15) is 58.3 Å². The highest BCUT2D eigenvalue weighted by atomic mass is 16.5. The van der Waals surface area contributed by atoms with Crippen LogP contribution in [0.3, 0.4) is 0 Å². The molecule has 0 bridgehead atoms. The summed E-state index contributed by atoms with van der Waals surface area (Å²) in [6.45, 7) is 6.81. The predicted octanol–water partition coefficient (Wildman–Crippen LogP) is 2.77. The Hall–Kier alpha value is -0.770. The van der Waals surface area contributed by atoms with Gasteiger partial charge in [-0.25, -0.2) is 0 Å². The van der Waals surface area contributed by atoms with Crippen LogP contribution in [-0.4, -0.2) is 43.7 Å². The maximum Gasteiger partial charge on any atom is 0.191 e. The van der Waals surface area contributed by atoms with E-state index in [1.54, 1.807) is 0 Å². The lowest BCUT2D eigenvalue weighted by Crippen LogP contribution is -2.41. The zero-order valence-corrected chi connectivity index (χ0v) is 13.1. The monoisotopic (exact) mass is 281 g/mol. The summed E-state index contributed by atoms with van der Waals surface area (Å²) in [7, 11) is 0. The second-order valence-electron chi connectivity index (χ2n) is 6.38. The van der Waals surface area contributed by atoms with Gasteiger partial charge in [-0.15, -0.1) is 0 Å². The van der Waals surface area contributed by atoms with E-state index < -0.39 is 0 Å². The lowest BCUT2D eigenvalue weighted by atomic mass is 9.83. The SMILES string of the molecule is CCOCCC1(CN=C(N)N2CCCCC2)CCCC1. The predicted molar refractivity (Wildman–Crippen MR) is 83.9 cm³/mol. The molecule has 0 aromatic rings. The van der Waals surface area contributed by atoms with Gasteiger partial charge < -0.3 is 15.4 Å². The summed E-state index contributed by atoms with van der Waals surface area (Å²) < 4.78 is 5.55. The van der Waals surface area contributed by atoms with Gasteiger partial charge in [0.05, 0.1) is 0 Å². The van der Waals surface area contributed by atoms with Crippen LogP contribution in [-0.2, 0) is 4.74 Å². The minimum Gasteiger partial charge on any atom is -0.382 e. The molecule has 0 radical (unpaired) electrons. The first-order chi connectivity index (χ1) is 9.76. The molecule has 1 heterocycles. The first kappa shape index (κ1) is 15.6. The van der Waals surface area contributed by atoms with Crippen molar-refractivity contribution in [2.24, 2.45) is 16.1 Å². The number of likely N-dealkylation sites (tertiary alicyclic amines) is 1. The molecule has 1 saturated carbocycles. The smallest absolute Gasteiger partial charge is 0.191 e. The van der Waals surface area contributed by atoms with Crippen molar-refractivity contribution >= 4 is 5.96 Å². The molecule has 2 fully saturated rings. The van der Waals surface area contributed by atoms with Crippen LogP contribution >= 0.6 is 0 Å². The zero-order valence-electron chi connectivity index (χ0n) is 13.1. The van der Waals surface area contributed by atoms with Gasteiger partial charge in [0.2, 0.25) is 0 Å². The third-order valence-electron chi connectivity index (χ3n) is 4.90. The number of nitrogens with two attached hydrogens (primary N) is 1. The number of aliphatic imine (C=N–C) groups is 1. The van der Waals surface area contributed by atoms with Crippen LogP contribution < -0.4 is 5.73 Å². The van der Waals surface area contributed by atoms with E-state index in [0.29, 0.717) is 5.41 Å². The number of piperidine rings is 1. The van der Waals surface area contributed by atoms with Crippen LogP contribution in [0.5, 0.6) is 0 Å². The van der Waals surface area contributed by atoms with E-state index in [1.807, 2.05) is 0 Å². The molecule has 2 aliphatic rings. The molecule has 2 rings (SSSR count). The summed E-state index contributed by atoms with van der Waals surface area (Å²) in [6.07, 6.45) is 10.2. The molecule has 1 aliphatic carbocycles. The normalized spacial score (nSPS) is 23.2. The van der Waals surface area contributed by atoms with Crippen LogP contribution in [0.2, 0.25) is 0 Å². The maximum atomic E-state index is 6.18. The average Bonchev–Trinajstić information content (AvgIpc) is 2.95. The molecule has 20 heavy (non-hydrogen) atoms. The molecule has 0 unspecified atom stereocenters. The van der Waals surface area contributed by atoms with Crippen LogP contribution in [0.4, 0.5) is 0 Å². The molecule has 1 aliphatic heterocycles. The summed E-state index contributed by atoms with van der Waals surface area (Å²) in [5.41, 5.74) is 6.54. The first-order valence-corrected chi connectivity index (χ1v) is 8.38. The standard InChI is InChI=1S/C16H31N3O/c1-2-20-13-10-16(8-4-5-9-16)14-18-15(17)19-11-6-3-7-12-19/h2-14H2,1H3,(H2,17,18). The summed E-state index contributed by atoms with van der Waals surface area (Å²) in [5.74, 6) is 0.771. The van der Waals surface area contributed by atoms with Gasteiger partial charge in [-0.05, 0) is 50.9 Å². The Bertz CT molecular complexity index is 305. The van der Waals surface area contributed by atoms with Crippen molar-refractivity contribution in [3.8, 4) is 0 Å². The van der Waals surface area contributed by atoms with Gasteiger partial charge in [-0.1, -0.05) is 12.8 Å². The quantitative estimate of drug-likeness (QED) is 0.463. The highest BCUT2D eigenvalue weighted by Crippen LogP contribution is 2.41. The Morgan fingerprint density at radius 2 is 1.85 bits per heavy atom. The lowest BCUT2D eigenvalue weighted by molar-refractivity contribution is 0.107. The second kappa shape index (κ2) is 7.87. The summed E-state index contributed by atoms with van der Waals surface area (Å²) in [4.78, 5) is 7.00. The van der Waals surface area contributed by atoms with Crippen molar-refractivity contribution in [2.75, 3.05) is 32.8 Å². The lowest BCUT2D eigenvalue weighted by Gasteiger charge is -2.30. The number of ether oxygens (including phenoxy) is 1. The van der Waals surface area contributed by atoms with E-state index >= 15 is 0 Å². The summed E-state index contributed by atoms with van der Waals surface area (Å²) in [5, 5.41) is 0. The number of hydrogen-bond donors (Lipinski definition) is 1. The van der Waals surface area contributed by atoms with Crippen LogP contribution in [0.25, 0.3) is 0 Å². The fourth-order valence-electron chi connectivity index (χ4n) is 3.52. The molecule has 0 amide bonds. The minimum absolute atomic E-state index is 0.357. The Balaban J connectivity index is 1.86. The molecule has 0 atom stereocenters. The molecule has 0 aromatic heterocycles. The number of hydrogen-bond acceptors (Lipinski definition) is 2. The van der Waals surface area contributed by atoms with Crippen LogP contribution in [0.15, 0.2) is 4.99 Å². The molecule has 116 valence electrons. The van der Waals surface area contributed by atoms with E-state index in [-0.39, 0.29) is 0 Å². The fraction of sp³-hybridized carbons (Fsp3) is 0.938. The second-order valence-corrected chi connectivity index (χ2v) is 6.38. The van der Waals surface area contributed by atoms with Gasteiger partial charge in [0.25, 0.3) is 0 Å². The average molecular weight is 281 g/mol. The molecular formula is C16H31N3O. The number of rotatable bonds is 6. The van der Waals surface area contributed by atoms with E-state index in [9.17, 15) is 0 Å². The molecular weight excluding hydrogens is 250 g/mol. The van der Waals surface area contributed by atoms with E-state index in [0.717, 1.165) is 45.2 Å². The molecule has 4 heteroatoms. The van der Waals surface area contributed by atoms with Crippen molar-refractivity contribution < 1.29 is 4.74 Å². The first-order valence-electron chi connectivity index (χ1n) is 8.38. The maximum absolute atomic E-state index is 6.18. The topological polar surface area (TPSA) is 50.9 Å².